The number of hydrogen-bond donors (Lipinski definition) is 0. The Morgan fingerprint density at radius 3 is 1.78 bits per heavy atom. The number of fused-ring (bicyclic) bond motifs is 3. The summed E-state index contributed by atoms with van der Waals surface area (Å²) in [7, 11) is 0. The van der Waals surface area contributed by atoms with Gasteiger partial charge in [-0.15, -0.1) is 51.4 Å². The van der Waals surface area contributed by atoms with Crippen molar-refractivity contribution >= 4 is 21.8 Å². The maximum atomic E-state index is 10.1. The summed E-state index contributed by atoms with van der Waals surface area (Å²) in [5.41, 5.74) is 12.5. The molecule has 7 heteroatoms. The summed E-state index contributed by atoms with van der Waals surface area (Å²) in [5, 5.41) is 21.5. The zero-order valence-electron chi connectivity index (χ0n) is 37.7. The second-order valence-corrected chi connectivity index (χ2v) is 17.9. The van der Waals surface area contributed by atoms with Crippen molar-refractivity contribution < 1.29 is 21.1 Å². The predicted octanol–water partition coefficient (Wildman–Crippen LogP) is 13.9. The van der Waals surface area contributed by atoms with Crippen molar-refractivity contribution in [3.63, 3.8) is 0 Å². The fraction of sp³-hybridized carbons (Fsp3) is 0.0820. The molecule has 0 fully saturated rings. The van der Waals surface area contributed by atoms with Gasteiger partial charge in [0.2, 0.25) is 0 Å². The topological polar surface area (TPSA) is 72.3 Å². The van der Waals surface area contributed by atoms with Crippen LogP contribution < -0.4 is 0 Å². The van der Waals surface area contributed by atoms with E-state index in [0.717, 1.165) is 83.4 Å². The molecule has 68 heavy (non-hydrogen) atoms. The Balaban J connectivity index is 0.00000539. The first-order valence-corrected chi connectivity index (χ1v) is 22.5. The SMILES string of the molecule is CC(C)(C)c1ccnc(-n2c3[c-]c(C(c4[c-]c(-c5nncn5-c5c(-c6ccccc6)cccc5-c5ccccc5)ccc4)(c4ccccc4)c4ccccc4)ccc3c3cc(C#N)ccc32)c1.[Pt+2]. The van der Waals surface area contributed by atoms with Crippen LogP contribution in [0.1, 0.15) is 54.2 Å². The second-order valence-electron chi connectivity index (χ2n) is 17.9. The van der Waals surface area contributed by atoms with Gasteiger partial charge in [-0.05, 0) is 69.0 Å². The normalized spacial score (nSPS) is 11.6. The van der Waals surface area contributed by atoms with Crippen LogP contribution in [0.4, 0.5) is 0 Å². The molecule has 0 unspecified atom stereocenters. The minimum Gasteiger partial charge on any atom is -0.322 e. The van der Waals surface area contributed by atoms with Gasteiger partial charge in [0.25, 0.3) is 0 Å². The van der Waals surface area contributed by atoms with Crippen molar-refractivity contribution in [3.05, 3.63) is 258 Å². The summed E-state index contributed by atoms with van der Waals surface area (Å²) in [4.78, 5) is 4.99. The van der Waals surface area contributed by atoms with Gasteiger partial charge in [-0.3, -0.25) is 0 Å². The number of nitrogens with zero attached hydrogens (tertiary/aromatic N) is 6. The Bertz CT molecular complexity index is 3520. The van der Waals surface area contributed by atoms with Gasteiger partial charge in [0, 0.05) is 28.3 Å². The van der Waals surface area contributed by atoms with Gasteiger partial charge in [0.1, 0.15) is 12.1 Å². The molecule has 0 saturated heterocycles. The molecular weight excluding hydrogens is 1010 g/mol. The predicted molar refractivity (Wildman–Crippen MR) is 269 cm³/mol. The van der Waals surface area contributed by atoms with Crippen molar-refractivity contribution in [1.82, 2.24) is 24.3 Å². The van der Waals surface area contributed by atoms with Crippen molar-refractivity contribution in [3.8, 4) is 51.2 Å². The standard InChI is InChI=1S/C61H44N6.Pt/c1-60(2,3)48-34-35-63-57(39-48)67-55-33-30-42(40-62)36-54(55)53-32-31-50(38-56(53)67)61(46-23-12-6-13-24-46,47-25-14-7-15-26-47)49-27-16-22-45(37-49)59-65-64-41-66(59)58-51(43-18-8-4-9-19-43)28-17-29-52(58)44-20-10-5-11-21-44;/h4-36,39,41H,1-3H3;/q-2;+2. The molecule has 0 N–H and O–H groups in total. The molecule has 6 nitrogen and oxygen atoms in total. The molecule has 3 heterocycles. The molecule has 0 aliphatic heterocycles. The average Bonchev–Trinajstić information content (AvgIpc) is 4.00. The number of para-hydroxylation sites is 1. The van der Waals surface area contributed by atoms with Crippen LogP contribution in [-0.2, 0) is 31.9 Å². The number of hydrogen-bond acceptors (Lipinski definition) is 4. The largest absolute Gasteiger partial charge is 2.00 e. The summed E-state index contributed by atoms with van der Waals surface area (Å²) < 4.78 is 4.31. The molecule has 0 amide bonds. The molecular formula is C61H44N6Pt. The molecule has 0 spiro atoms. The van der Waals surface area contributed by atoms with E-state index in [2.05, 4.69) is 223 Å². The third-order valence-corrected chi connectivity index (χ3v) is 12.9. The Labute approximate surface area is 411 Å². The van der Waals surface area contributed by atoms with Gasteiger partial charge < -0.3 is 9.13 Å². The minimum absolute atomic E-state index is 0. The first-order chi connectivity index (χ1) is 32.8. The van der Waals surface area contributed by atoms with Crippen molar-refractivity contribution in [2.24, 2.45) is 0 Å². The van der Waals surface area contributed by atoms with Crippen LogP contribution >= 0.6 is 0 Å². The van der Waals surface area contributed by atoms with E-state index in [9.17, 15) is 5.26 Å². The Morgan fingerprint density at radius 1 is 0.559 bits per heavy atom. The molecule has 11 aromatic rings. The molecule has 0 bridgehead atoms. The third kappa shape index (κ3) is 7.56. The van der Waals surface area contributed by atoms with E-state index in [1.165, 1.54) is 5.56 Å². The minimum atomic E-state index is -0.922. The smallest absolute Gasteiger partial charge is 0.322 e. The maximum Gasteiger partial charge on any atom is 2.00 e. The molecule has 0 saturated carbocycles. The fourth-order valence-corrected chi connectivity index (χ4v) is 9.69. The monoisotopic (exact) mass is 1060 g/mol. The quantitative estimate of drug-likeness (QED) is 0.107. The van der Waals surface area contributed by atoms with Gasteiger partial charge in [0.05, 0.1) is 23.1 Å². The van der Waals surface area contributed by atoms with E-state index in [0.29, 0.717) is 11.4 Å². The Hall–Kier alpha value is -7.97. The second kappa shape index (κ2) is 18.0. The van der Waals surface area contributed by atoms with Crippen molar-refractivity contribution in [2.75, 3.05) is 0 Å². The van der Waals surface area contributed by atoms with Gasteiger partial charge in [-0.25, -0.2) is 4.98 Å². The summed E-state index contributed by atoms with van der Waals surface area (Å²) >= 11 is 0. The van der Waals surface area contributed by atoms with Crippen LogP contribution in [0.15, 0.2) is 213 Å². The van der Waals surface area contributed by atoms with E-state index in [1.807, 2.05) is 42.9 Å². The average molecular weight is 1060 g/mol. The number of pyridine rings is 1. The number of rotatable bonds is 9. The van der Waals surface area contributed by atoms with Gasteiger partial charge in [-0.2, -0.15) is 28.6 Å². The summed E-state index contributed by atoms with van der Waals surface area (Å²) in [5.74, 6) is 1.45. The maximum absolute atomic E-state index is 10.1. The molecule has 0 aliphatic carbocycles. The van der Waals surface area contributed by atoms with Gasteiger partial charge in [0.15, 0.2) is 0 Å². The zero-order valence-corrected chi connectivity index (χ0v) is 40.0. The molecule has 11 rings (SSSR count). The van der Waals surface area contributed by atoms with Crippen LogP contribution in [0.3, 0.4) is 0 Å². The Kier molecular flexibility index (Phi) is 11.6. The number of aromatic nitrogens is 5. The molecule has 8 aromatic carbocycles. The first-order valence-electron chi connectivity index (χ1n) is 22.5. The van der Waals surface area contributed by atoms with Crippen molar-refractivity contribution in [1.29, 1.82) is 5.26 Å². The number of benzene rings is 8. The fourth-order valence-electron chi connectivity index (χ4n) is 9.69. The van der Waals surface area contributed by atoms with Crippen LogP contribution in [-0.4, -0.2) is 24.3 Å². The molecule has 0 aliphatic rings. The zero-order chi connectivity index (χ0) is 45.5. The van der Waals surface area contributed by atoms with Crippen LogP contribution in [0, 0.1) is 23.5 Å². The van der Waals surface area contributed by atoms with E-state index in [-0.39, 0.29) is 26.5 Å². The molecule has 0 atom stereocenters. The van der Waals surface area contributed by atoms with E-state index >= 15 is 0 Å². The van der Waals surface area contributed by atoms with Crippen LogP contribution in [0.2, 0.25) is 0 Å². The van der Waals surface area contributed by atoms with Crippen LogP contribution in [0.5, 0.6) is 0 Å². The van der Waals surface area contributed by atoms with E-state index in [4.69, 9.17) is 10.1 Å². The first kappa shape index (κ1) is 43.9. The van der Waals surface area contributed by atoms with E-state index < -0.39 is 5.41 Å². The summed E-state index contributed by atoms with van der Waals surface area (Å²) in [6, 6.07) is 79.9. The molecule has 3 aromatic heterocycles. The van der Waals surface area contributed by atoms with E-state index in [1.54, 1.807) is 0 Å². The summed E-state index contributed by atoms with van der Waals surface area (Å²) in [6.07, 6.45) is 3.70. The van der Waals surface area contributed by atoms with Crippen LogP contribution in [0.25, 0.3) is 67.0 Å². The molecule has 0 radical (unpaired) electrons. The molecule has 328 valence electrons. The van der Waals surface area contributed by atoms with Gasteiger partial charge >= 0.3 is 21.1 Å². The third-order valence-electron chi connectivity index (χ3n) is 12.9. The summed E-state index contributed by atoms with van der Waals surface area (Å²) in [6.45, 7) is 6.65. The number of nitriles is 1. The Morgan fingerprint density at radius 2 is 1.16 bits per heavy atom. The van der Waals surface area contributed by atoms with Gasteiger partial charge in [-0.1, -0.05) is 166 Å². The van der Waals surface area contributed by atoms with Crippen molar-refractivity contribution in [2.45, 2.75) is 31.6 Å².